The minimum absolute atomic E-state index is 0.152. The molecule has 3 aromatic rings. The van der Waals surface area contributed by atoms with Gasteiger partial charge in [-0.25, -0.2) is 13.4 Å². The van der Waals surface area contributed by atoms with E-state index in [1.54, 1.807) is 32.9 Å². The van der Waals surface area contributed by atoms with Crippen molar-refractivity contribution in [2.45, 2.75) is 50.7 Å². The third-order valence-corrected chi connectivity index (χ3v) is 6.22. The number of hydrogen-bond acceptors (Lipinski definition) is 7. The van der Waals surface area contributed by atoms with E-state index >= 15 is 0 Å². The molecule has 0 aliphatic heterocycles. The fourth-order valence-corrected chi connectivity index (χ4v) is 4.14. The largest absolute Gasteiger partial charge is 0.459 e. The quantitative estimate of drug-likeness (QED) is 0.355. The number of carbonyl (C=O) groups excluding carboxylic acids is 1. The van der Waals surface area contributed by atoms with E-state index in [2.05, 4.69) is 22.4 Å². The second kappa shape index (κ2) is 10.9. The zero-order valence-electron chi connectivity index (χ0n) is 20.4. The van der Waals surface area contributed by atoms with Crippen molar-refractivity contribution in [3.05, 3.63) is 76.7 Å². The van der Waals surface area contributed by atoms with Crippen LogP contribution in [0.1, 0.15) is 32.8 Å². The molecule has 9 heteroatoms. The Labute approximate surface area is 205 Å². The Hall–Kier alpha value is -3.46. The lowest BCUT2D eigenvalue weighted by Crippen LogP contribution is -2.33. The van der Waals surface area contributed by atoms with Crippen molar-refractivity contribution < 1.29 is 17.9 Å². The van der Waals surface area contributed by atoms with Crippen LogP contribution in [0.15, 0.2) is 70.5 Å². The maximum absolute atomic E-state index is 13.3. The van der Waals surface area contributed by atoms with Crippen LogP contribution in [0.5, 0.6) is 0 Å². The van der Waals surface area contributed by atoms with Gasteiger partial charge in [-0.15, -0.1) is 0 Å². The number of hydrogen-bond donors (Lipinski definition) is 1. The van der Waals surface area contributed by atoms with Crippen LogP contribution < -0.4 is 10.9 Å². The summed E-state index contributed by atoms with van der Waals surface area (Å²) < 4.78 is 30.3. The van der Waals surface area contributed by atoms with Gasteiger partial charge in [-0.1, -0.05) is 30.3 Å². The number of nitrogens with one attached hydrogen (secondary N) is 1. The number of aryl methyl sites for hydroxylation is 1. The van der Waals surface area contributed by atoms with Gasteiger partial charge in [-0.05, 0) is 63.4 Å². The van der Waals surface area contributed by atoms with Gasteiger partial charge in [0.1, 0.15) is 23.7 Å². The fourth-order valence-electron chi connectivity index (χ4n) is 3.50. The average Bonchev–Trinajstić information content (AvgIpc) is 2.78. The molecule has 0 aliphatic rings. The highest BCUT2D eigenvalue weighted by Crippen LogP contribution is 2.20. The highest BCUT2D eigenvalue weighted by Gasteiger charge is 2.20. The van der Waals surface area contributed by atoms with E-state index in [0.29, 0.717) is 12.1 Å². The van der Waals surface area contributed by atoms with Gasteiger partial charge >= 0.3 is 5.97 Å². The summed E-state index contributed by atoms with van der Waals surface area (Å²) in [5, 5.41) is 3.13. The van der Waals surface area contributed by atoms with Crippen molar-refractivity contribution in [2.24, 2.45) is 0 Å². The molecule has 186 valence electrons. The second-order valence-corrected chi connectivity index (χ2v) is 11.3. The molecular weight excluding hydrogens is 466 g/mol. The van der Waals surface area contributed by atoms with Crippen LogP contribution in [0.3, 0.4) is 0 Å². The van der Waals surface area contributed by atoms with E-state index in [4.69, 9.17) is 4.74 Å². The second-order valence-electron chi connectivity index (χ2n) is 9.29. The molecule has 1 N–H and O–H groups in total. The van der Waals surface area contributed by atoms with Gasteiger partial charge in [-0.3, -0.25) is 14.2 Å². The van der Waals surface area contributed by atoms with Crippen molar-refractivity contribution in [1.29, 1.82) is 0 Å². The fraction of sp³-hybridized carbons (Fsp3) is 0.346. The lowest BCUT2D eigenvalue weighted by Gasteiger charge is -2.21. The third-order valence-electron chi connectivity index (χ3n) is 5.10. The molecule has 1 aromatic heterocycles. The smallest absolute Gasteiger partial charge is 0.326 e. The minimum atomic E-state index is -3.37. The Morgan fingerprint density at radius 3 is 2.31 bits per heavy atom. The number of benzene rings is 2. The Bertz CT molecular complexity index is 1330. The predicted molar refractivity (Wildman–Crippen MR) is 136 cm³/mol. The van der Waals surface area contributed by atoms with Crippen LogP contribution in [-0.2, 0) is 32.3 Å². The number of esters is 1. The summed E-state index contributed by atoms with van der Waals surface area (Å²) in [6.45, 7) is 5.48. The Morgan fingerprint density at radius 2 is 1.71 bits per heavy atom. The van der Waals surface area contributed by atoms with E-state index in [0.717, 1.165) is 19.1 Å². The maximum atomic E-state index is 13.3. The third kappa shape index (κ3) is 7.51. The molecule has 0 unspecified atom stereocenters. The van der Waals surface area contributed by atoms with Crippen molar-refractivity contribution >= 4 is 21.5 Å². The van der Waals surface area contributed by atoms with Crippen molar-refractivity contribution in [3.63, 3.8) is 0 Å². The highest BCUT2D eigenvalue weighted by atomic mass is 32.2. The molecule has 0 saturated carbocycles. The number of sulfone groups is 1. The maximum Gasteiger partial charge on any atom is 0.326 e. The van der Waals surface area contributed by atoms with E-state index in [9.17, 15) is 18.0 Å². The number of anilines is 1. The molecule has 0 saturated heterocycles. The molecule has 0 spiro atoms. The zero-order valence-corrected chi connectivity index (χ0v) is 21.3. The summed E-state index contributed by atoms with van der Waals surface area (Å²) in [6.07, 6.45) is 4.23. The zero-order chi connectivity index (χ0) is 25.6. The number of carbonyl (C=O) groups is 1. The first-order chi connectivity index (χ1) is 16.4. The average molecular weight is 498 g/mol. The van der Waals surface area contributed by atoms with Gasteiger partial charge in [0.05, 0.1) is 11.1 Å². The number of ether oxygens (including phenoxy) is 1. The number of rotatable bonds is 9. The van der Waals surface area contributed by atoms with Crippen molar-refractivity contribution in [1.82, 2.24) is 9.55 Å². The Kier molecular flexibility index (Phi) is 8.11. The van der Waals surface area contributed by atoms with Crippen LogP contribution in [-0.4, -0.2) is 42.3 Å². The molecular formula is C26H31N3O5S. The van der Waals surface area contributed by atoms with Crippen molar-refractivity contribution in [3.8, 4) is 11.4 Å². The van der Waals surface area contributed by atoms with Crippen LogP contribution >= 0.6 is 0 Å². The van der Waals surface area contributed by atoms with Gasteiger partial charge in [0.15, 0.2) is 9.84 Å². The van der Waals surface area contributed by atoms with Gasteiger partial charge in [0.25, 0.3) is 5.56 Å². The molecule has 0 amide bonds. The van der Waals surface area contributed by atoms with Gasteiger partial charge < -0.3 is 10.1 Å². The lowest BCUT2D eigenvalue weighted by molar-refractivity contribution is -0.155. The molecule has 35 heavy (non-hydrogen) atoms. The number of aromatic nitrogens is 2. The summed E-state index contributed by atoms with van der Waals surface area (Å²) in [4.78, 5) is 30.5. The number of nitrogens with zero attached hydrogens (tertiary/aromatic N) is 2. The monoisotopic (exact) mass is 497 g/mol. The molecule has 3 rings (SSSR count). The van der Waals surface area contributed by atoms with E-state index in [1.807, 2.05) is 18.2 Å². The van der Waals surface area contributed by atoms with Gasteiger partial charge in [-0.2, -0.15) is 0 Å². The predicted octanol–water partition coefficient (Wildman–Crippen LogP) is 3.70. The first kappa shape index (κ1) is 26.2. The summed E-state index contributed by atoms with van der Waals surface area (Å²) in [6, 6.07) is 16.1. The summed E-state index contributed by atoms with van der Waals surface area (Å²) >= 11 is 0. The molecule has 0 bridgehead atoms. The summed E-state index contributed by atoms with van der Waals surface area (Å²) in [5.74, 6) is -0.327. The first-order valence-electron chi connectivity index (χ1n) is 11.3. The van der Waals surface area contributed by atoms with Gasteiger partial charge in [0, 0.05) is 18.4 Å². The normalized spacial score (nSPS) is 11.8. The first-order valence-corrected chi connectivity index (χ1v) is 13.2. The standard InChI is InChI=1S/C26H31N3O5S/c1-26(2,3)34-23(30)18-29-24(20-12-14-21(15-13-20)35(4,32)33)28-17-22(25(29)31)27-16-8-11-19-9-6-5-7-10-19/h5-7,9-10,12-15,17,27H,8,11,16,18H2,1-4H3. The Balaban J connectivity index is 1.87. The summed E-state index contributed by atoms with van der Waals surface area (Å²) in [7, 11) is -3.37. The molecule has 8 nitrogen and oxygen atoms in total. The lowest BCUT2D eigenvalue weighted by atomic mass is 10.1. The summed E-state index contributed by atoms with van der Waals surface area (Å²) in [5.41, 5.74) is 0.876. The molecule has 1 heterocycles. The Morgan fingerprint density at radius 1 is 1.06 bits per heavy atom. The topological polar surface area (TPSA) is 107 Å². The van der Waals surface area contributed by atoms with Crippen LogP contribution in [0.2, 0.25) is 0 Å². The molecule has 0 fully saturated rings. The van der Waals surface area contributed by atoms with Gasteiger partial charge in [0.2, 0.25) is 0 Å². The highest BCUT2D eigenvalue weighted by molar-refractivity contribution is 7.90. The van der Waals surface area contributed by atoms with Crippen LogP contribution in [0.25, 0.3) is 11.4 Å². The van der Waals surface area contributed by atoms with E-state index < -0.39 is 27.0 Å². The van der Waals surface area contributed by atoms with Crippen LogP contribution in [0.4, 0.5) is 5.69 Å². The molecule has 0 atom stereocenters. The molecule has 0 radical (unpaired) electrons. The molecule has 0 aliphatic carbocycles. The van der Waals surface area contributed by atoms with E-state index in [1.165, 1.54) is 28.5 Å². The van der Waals surface area contributed by atoms with E-state index in [-0.39, 0.29) is 23.0 Å². The van der Waals surface area contributed by atoms with Crippen LogP contribution in [0, 0.1) is 0 Å². The van der Waals surface area contributed by atoms with Crippen molar-refractivity contribution in [2.75, 3.05) is 18.1 Å². The molecule has 2 aromatic carbocycles. The SMILES string of the molecule is CC(C)(C)OC(=O)Cn1c(-c2ccc(S(C)(=O)=O)cc2)ncc(NCCCc2ccccc2)c1=O. The minimum Gasteiger partial charge on any atom is -0.459 e.